The van der Waals surface area contributed by atoms with E-state index >= 15 is 4.39 Å². The molecule has 14 heteroatoms. The fraction of sp³-hybridized carbons (Fsp3) is 0.258. The summed E-state index contributed by atoms with van der Waals surface area (Å²) in [5.74, 6) is -1.86. The summed E-state index contributed by atoms with van der Waals surface area (Å²) >= 11 is 0. The maximum atomic E-state index is 15.3. The second kappa shape index (κ2) is 12.0. The SMILES string of the molecule is CC(C)n1cc(C(=O)Nc2ccc(Oc3ccnc4[nH]nc(NC(C)C(C)(C)O)c34)c(F)c2)c(=O)n(-c2ccc(F)cc2)c1=O. The number of rotatable bonds is 9. The molecule has 5 rings (SSSR count). The molecular formula is C31H31F2N7O5. The third-order valence-electron chi connectivity index (χ3n) is 7.25. The van der Waals surface area contributed by atoms with E-state index in [1.165, 1.54) is 41.1 Å². The maximum Gasteiger partial charge on any atom is 0.335 e. The highest BCUT2D eigenvalue weighted by molar-refractivity contribution is 6.04. The summed E-state index contributed by atoms with van der Waals surface area (Å²) in [7, 11) is 0. The average molecular weight is 620 g/mol. The van der Waals surface area contributed by atoms with Crippen molar-refractivity contribution in [2.24, 2.45) is 0 Å². The first-order chi connectivity index (χ1) is 21.2. The third kappa shape index (κ3) is 6.31. The van der Waals surface area contributed by atoms with E-state index in [1.807, 2.05) is 0 Å². The Morgan fingerprint density at radius 1 is 1.04 bits per heavy atom. The van der Waals surface area contributed by atoms with Gasteiger partial charge in [-0.15, -0.1) is 0 Å². The van der Waals surface area contributed by atoms with Crippen molar-refractivity contribution in [3.8, 4) is 17.2 Å². The van der Waals surface area contributed by atoms with Gasteiger partial charge in [0.25, 0.3) is 11.5 Å². The van der Waals surface area contributed by atoms with Crippen LogP contribution in [0.3, 0.4) is 0 Å². The first-order valence-electron chi connectivity index (χ1n) is 14.0. The van der Waals surface area contributed by atoms with Crippen LogP contribution in [0.5, 0.6) is 11.5 Å². The molecule has 3 heterocycles. The quantitative estimate of drug-likeness (QED) is 0.184. The fourth-order valence-electron chi connectivity index (χ4n) is 4.39. The maximum absolute atomic E-state index is 15.3. The number of amides is 1. The van der Waals surface area contributed by atoms with E-state index in [4.69, 9.17) is 4.74 Å². The van der Waals surface area contributed by atoms with Gasteiger partial charge in [-0.3, -0.25) is 19.3 Å². The van der Waals surface area contributed by atoms with Gasteiger partial charge in [-0.05, 0) is 71.0 Å². The lowest BCUT2D eigenvalue weighted by Crippen LogP contribution is -2.42. The number of anilines is 2. The molecule has 0 aliphatic rings. The van der Waals surface area contributed by atoms with E-state index in [0.29, 0.717) is 16.9 Å². The van der Waals surface area contributed by atoms with Gasteiger partial charge in [-0.2, -0.15) is 5.10 Å². The van der Waals surface area contributed by atoms with E-state index < -0.39 is 46.5 Å². The summed E-state index contributed by atoms with van der Waals surface area (Å²) < 4.78 is 36.7. The third-order valence-corrected chi connectivity index (χ3v) is 7.25. The lowest BCUT2D eigenvalue weighted by Gasteiger charge is -2.26. The highest BCUT2D eigenvalue weighted by Crippen LogP contribution is 2.35. The van der Waals surface area contributed by atoms with Crippen LogP contribution in [0.15, 0.2) is 70.5 Å². The highest BCUT2D eigenvalue weighted by Gasteiger charge is 2.25. The Labute approximate surface area is 255 Å². The molecule has 0 aliphatic carbocycles. The van der Waals surface area contributed by atoms with Crippen molar-refractivity contribution >= 4 is 28.4 Å². The molecule has 0 saturated carbocycles. The summed E-state index contributed by atoms with van der Waals surface area (Å²) in [5.41, 5.74) is -2.61. The van der Waals surface area contributed by atoms with Gasteiger partial charge < -0.3 is 20.5 Å². The van der Waals surface area contributed by atoms with Gasteiger partial charge in [-0.25, -0.2) is 23.1 Å². The van der Waals surface area contributed by atoms with Gasteiger partial charge in [0.15, 0.2) is 23.0 Å². The lowest BCUT2D eigenvalue weighted by atomic mass is 10.0. The van der Waals surface area contributed by atoms with E-state index in [2.05, 4.69) is 25.8 Å². The zero-order chi connectivity index (χ0) is 32.6. The normalized spacial score (nSPS) is 12.4. The molecule has 234 valence electrons. The Morgan fingerprint density at radius 2 is 1.76 bits per heavy atom. The van der Waals surface area contributed by atoms with Crippen molar-refractivity contribution in [2.45, 2.75) is 52.3 Å². The summed E-state index contributed by atoms with van der Waals surface area (Å²) in [5, 5.41) is 23.3. The number of H-pyrrole nitrogens is 1. The van der Waals surface area contributed by atoms with Crippen LogP contribution in [0.2, 0.25) is 0 Å². The fourth-order valence-corrected chi connectivity index (χ4v) is 4.39. The molecule has 0 bridgehead atoms. The molecule has 0 fully saturated rings. The number of carbonyl (C=O) groups excluding carboxylic acids is 1. The zero-order valence-electron chi connectivity index (χ0n) is 25.1. The van der Waals surface area contributed by atoms with Crippen LogP contribution < -0.4 is 26.6 Å². The standard InChI is InChI=1S/C31H31F2N7O5/c1-16(2)39-15-21(29(42)40(30(39)43)20-9-6-18(32)7-10-20)28(41)36-19-8-11-23(22(33)14-19)45-24-12-13-34-26-25(24)27(38-37-26)35-17(3)31(4,5)44/h6-17,44H,1-5H3,(H,36,41)(H2,34,35,37,38). The smallest absolute Gasteiger partial charge is 0.335 e. The topological polar surface area (TPSA) is 156 Å². The van der Waals surface area contributed by atoms with Crippen molar-refractivity contribution in [3.05, 3.63) is 99.0 Å². The number of hydrogen-bond acceptors (Lipinski definition) is 8. The van der Waals surface area contributed by atoms with Crippen molar-refractivity contribution < 1.29 is 23.4 Å². The molecule has 0 radical (unpaired) electrons. The zero-order valence-corrected chi connectivity index (χ0v) is 25.1. The number of aromatic amines is 1. The van der Waals surface area contributed by atoms with Gasteiger partial charge >= 0.3 is 5.69 Å². The Morgan fingerprint density at radius 3 is 2.40 bits per heavy atom. The first kappa shape index (κ1) is 31.1. The van der Waals surface area contributed by atoms with Crippen molar-refractivity contribution in [2.75, 3.05) is 10.6 Å². The number of aromatic nitrogens is 5. The summed E-state index contributed by atoms with van der Waals surface area (Å²) in [6.07, 6.45) is 2.60. The van der Waals surface area contributed by atoms with Gasteiger partial charge in [0, 0.05) is 36.3 Å². The van der Waals surface area contributed by atoms with Crippen LogP contribution in [0.1, 0.15) is 51.0 Å². The number of nitrogens with one attached hydrogen (secondary N) is 3. The van der Waals surface area contributed by atoms with Crippen LogP contribution in [0.4, 0.5) is 20.3 Å². The number of nitrogens with zero attached hydrogens (tertiary/aromatic N) is 4. The number of aliphatic hydroxyl groups is 1. The monoisotopic (exact) mass is 619 g/mol. The minimum Gasteiger partial charge on any atom is -0.453 e. The summed E-state index contributed by atoms with van der Waals surface area (Å²) in [6.45, 7) is 8.47. The highest BCUT2D eigenvalue weighted by atomic mass is 19.1. The number of benzene rings is 2. The molecule has 0 spiro atoms. The molecule has 0 saturated heterocycles. The molecule has 5 aromatic rings. The Balaban J connectivity index is 1.43. The van der Waals surface area contributed by atoms with Crippen LogP contribution in [0, 0.1) is 11.6 Å². The first-order valence-corrected chi connectivity index (χ1v) is 14.0. The number of carbonyl (C=O) groups is 1. The summed E-state index contributed by atoms with van der Waals surface area (Å²) in [4.78, 5) is 43.9. The molecule has 1 amide bonds. The molecule has 3 aromatic heterocycles. The predicted molar refractivity (Wildman–Crippen MR) is 164 cm³/mol. The molecule has 4 N–H and O–H groups in total. The van der Waals surface area contributed by atoms with Crippen LogP contribution in [0.25, 0.3) is 16.7 Å². The van der Waals surface area contributed by atoms with Crippen molar-refractivity contribution in [1.29, 1.82) is 0 Å². The minimum absolute atomic E-state index is 0.0180. The Hall–Kier alpha value is -5.37. The average Bonchev–Trinajstić information content (AvgIpc) is 3.38. The van der Waals surface area contributed by atoms with Crippen molar-refractivity contribution in [1.82, 2.24) is 24.3 Å². The largest absolute Gasteiger partial charge is 0.453 e. The number of ether oxygens (including phenoxy) is 1. The van der Waals surface area contributed by atoms with Crippen LogP contribution in [-0.4, -0.2) is 47.0 Å². The molecule has 1 atom stereocenters. The second-order valence-electron chi connectivity index (χ2n) is 11.3. The van der Waals surface area contributed by atoms with E-state index in [-0.39, 0.29) is 28.4 Å². The number of hydrogen-bond donors (Lipinski definition) is 4. The molecular weight excluding hydrogens is 588 g/mol. The van der Waals surface area contributed by atoms with Crippen LogP contribution >= 0.6 is 0 Å². The lowest BCUT2D eigenvalue weighted by molar-refractivity contribution is 0.0648. The van der Waals surface area contributed by atoms with E-state index in [9.17, 15) is 23.9 Å². The van der Waals surface area contributed by atoms with Crippen LogP contribution in [-0.2, 0) is 0 Å². The van der Waals surface area contributed by atoms with Gasteiger partial charge in [0.05, 0.1) is 17.3 Å². The van der Waals surface area contributed by atoms with E-state index in [1.54, 1.807) is 34.6 Å². The Kier molecular flexibility index (Phi) is 8.26. The van der Waals surface area contributed by atoms with Gasteiger partial charge in [-0.1, -0.05) is 0 Å². The molecule has 1 unspecified atom stereocenters. The predicted octanol–water partition coefficient (Wildman–Crippen LogP) is 4.75. The molecule has 2 aromatic carbocycles. The van der Waals surface area contributed by atoms with Crippen molar-refractivity contribution in [3.63, 3.8) is 0 Å². The van der Waals surface area contributed by atoms with Gasteiger partial charge in [0.1, 0.15) is 22.5 Å². The number of pyridine rings is 1. The molecule has 12 nitrogen and oxygen atoms in total. The number of fused-ring (bicyclic) bond motifs is 1. The number of halogens is 2. The Bertz CT molecular complexity index is 2010. The van der Waals surface area contributed by atoms with Gasteiger partial charge in [0.2, 0.25) is 0 Å². The molecule has 45 heavy (non-hydrogen) atoms. The van der Waals surface area contributed by atoms with E-state index in [0.717, 1.165) is 29.0 Å². The summed E-state index contributed by atoms with van der Waals surface area (Å²) in [6, 6.07) is 9.11. The minimum atomic E-state index is -1.07. The molecule has 0 aliphatic heterocycles. The second-order valence-corrected chi connectivity index (χ2v) is 11.3.